The molecule has 0 heterocycles. The van der Waals surface area contributed by atoms with Crippen LogP contribution in [0.25, 0.3) is 0 Å². The lowest BCUT2D eigenvalue weighted by atomic mass is 9.71. The minimum absolute atomic E-state index is 0.237. The van der Waals surface area contributed by atoms with Crippen LogP contribution in [0.15, 0.2) is 23.3 Å². The van der Waals surface area contributed by atoms with Gasteiger partial charge in [0.2, 0.25) is 0 Å². The van der Waals surface area contributed by atoms with Crippen molar-refractivity contribution in [2.45, 2.75) is 53.4 Å². The van der Waals surface area contributed by atoms with Crippen molar-refractivity contribution in [1.82, 2.24) is 0 Å². The predicted molar refractivity (Wildman–Crippen MR) is 70.7 cm³/mol. The minimum Gasteiger partial charge on any atom is -0.463 e. The van der Waals surface area contributed by atoms with E-state index < -0.39 is 0 Å². The van der Waals surface area contributed by atoms with Crippen LogP contribution >= 0.6 is 0 Å². The van der Waals surface area contributed by atoms with Gasteiger partial charge in [0.25, 0.3) is 0 Å². The molecule has 0 N–H and O–H groups in total. The van der Waals surface area contributed by atoms with Gasteiger partial charge in [-0.1, -0.05) is 31.1 Å². The molecule has 1 aliphatic carbocycles. The first-order valence-electron chi connectivity index (χ1n) is 6.49. The second-order valence-corrected chi connectivity index (χ2v) is 5.35. The number of hydrogen-bond acceptors (Lipinski definition) is 2. The summed E-state index contributed by atoms with van der Waals surface area (Å²) in [5, 5.41) is 0. The maximum Gasteiger partial charge on any atom is 0.330 e. The molecule has 0 aromatic rings. The molecule has 17 heavy (non-hydrogen) atoms. The van der Waals surface area contributed by atoms with E-state index in [0.717, 1.165) is 6.42 Å². The van der Waals surface area contributed by atoms with Gasteiger partial charge < -0.3 is 4.74 Å². The lowest BCUT2D eigenvalue weighted by Crippen LogP contribution is -2.20. The van der Waals surface area contributed by atoms with Crippen molar-refractivity contribution in [3.05, 3.63) is 23.3 Å². The second-order valence-electron chi connectivity index (χ2n) is 5.35. The Morgan fingerprint density at radius 2 is 2.18 bits per heavy atom. The molecule has 0 fully saturated rings. The Morgan fingerprint density at radius 1 is 1.47 bits per heavy atom. The van der Waals surface area contributed by atoms with Crippen molar-refractivity contribution in [3.63, 3.8) is 0 Å². The summed E-state index contributed by atoms with van der Waals surface area (Å²) >= 11 is 0. The van der Waals surface area contributed by atoms with E-state index in [9.17, 15) is 4.79 Å². The molecule has 0 amide bonds. The first-order chi connectivity index (χ1) is 7.97. The molecular formula is C15H24O2. The van der Waals surface area contributed by atoms with Crippen LogP contribution in [0.2, 0.25) is 0 Å². The normalized spacial score (nSPS) is 19.8. The summed E-state index contributed by atoms with van der Waals surface area (Å²) in [6.45, 7) is 9.07. The smallest absolute Gasteiger partial charge is 0.330 e. The van der Waals surface area contributed by atoms with E-state index in [1.165, 1.54) is 30.4 Å². The second kappa shape index (κ2) is 6.04. The predicted octanol–water partition coefficient (Wildman–Crippen LogP) is 4.02. The van der Waals surface area contributed by atoms with Crippen molar-refractivity contribution in [2.75, 3.05) is 6.61 Å². The summed E-state index contributed by atoms with van der Waals surface area (Å²) in [6.07, 6.45) is 8.08. The van der Waals surface area contributed by atoms with Gasteiger partial charge in [-0.15, -0.1) is 0 Å². The van der Waals surface area contributed by atoms with Crippen LogP contribution in [0.5, 0.6) is 0 Å². The molecule has 2 nitrogen and oxygen atoms in total. The Kier molecular flexibility index (Phi) is 4.98. The number of hydrogen-bond donors (Lipinski definition) is 0. The molecule has 0 spiro atoms. The van der Waals surface area contributed by atoms with Gasteiger partial charge in [-0.2, -0.15) is 0 Å². The number of carbonyl (C=O) groups is 1. The summed E-state index contributed by atoms with van der Waals surface area (Å²) in [4.78, 5) is 11.2. The summed E-state index contributed by atoms with van der Waals surface area (Å²) in [5.41, 5.74) is 3.26. The molecule has 0 aromatic heterocycles. The van der Waals surface area contributed by atoms with Crippen molar-refractivity contribution in [1.29, 1.82) is 0 Å². The molecular weight excluding hydrogens is 212 g/mol. The highest BCUT2D eigenvalue weighted by Crippen LogP contribution is 2.41. The van der Waals surface area contributed by atoms with Crippen LogP contribution in [0.1, 0.15) is 53.4 Å². The third kappa shape index (κ3) is 4.03. The fraction of sp³-hybridized carbons (Fsp3) is 0.667. The van der Waals surface area contributed by atoms with Crippen LogP contribution in [-0.2, 0) is 9.53 Å². The van der Waals surface area contributed by atoms with Gasteiger partial charge in [0, 0.05) is 6.08 Å². The average molecular weight is 236 g/mol. The highest BCUT2D eigenvalue weighted by atomic mass is 16.5. The van der Waals surface area contributed by atoms with Crippen LogP contribution in [0, 0.1) is 5.41 Å². The zero-order valence-electron chi connectivity index (χ0n) is 11.5. The SMILES string of the molecule is CCOC(=O)/C=C/CC1=C(C)CCCC1(C)C. The topological polar surface area (TPSA) is 26.3 Å². The molecule has 0 bridgehead atoms. The summed E-state index contributed by atoms with van der Waals surface area (Å²) < 4.78 is 4.87. The van der Waals surface area contributed by atoms with Gasteiger partial charge >= 0.3 is 5.97 Å². The minimum atomic E-state index is -0.237. The zero-order valence-corrected chi connectivity index (χ0v) is 11.5. The van der Waals surface area contributed by atoms with Gasteiger partial charge in [-0.25, -0.2) is 4.79 Å². The van der Waals surface area contributed by atoms with E-state index in [2.05, 4.69) is 20.8 Å². The maximum atomic E-state index is 11.2. The molecule has 0 unspecified atom stereocenters. The third-order valence-corrected chi connectivity index (χ3v) is 3.55. The third-order valence-electron chi connectivity index (χ3n) is 3.55. The number of esters is 1. The Bertz CT molecular complexity index is 335. The number of ether oxygens (including phenoxy) is 1. The Morgan fingerprint density at radius 3 is 2.76 bits per heavy atom. The van der Waals surface area contributed by atoms with Crippen molar-refractivity contribution >= 4 is 5.97 Å². The lowest BCUT2D eigenvalue weighted by Gasteiger charge is -2.34. The van der Waals surface area contributed by atoms with Crippen LogP contribution in [0.4, 0.5) is 0 Å². The number of allylic oxidation sites excluding steroid dienone is 3. The van der Waals surface area contributed by atoms with Gasteiger partial charge in [0.1, 0.15) is 0 Å². The van der Waals surface area contributed by atoms with E-state index in [1.54, 1.807) is 6.08 Å². The molecule has 1 aliphatic rings. The van der Waals surface area contributed by atoms with Gasteiger partial charge in [-0.3, -0.25) is 0 Å². The number of carbonyl (C=O) groups excluding carboxylic acids is 1. The van der Waals surface area contributed by atoms with Gasteiger partial charge in [0.05, 0.1) is 6.61 Å². The average Bonchev–Trinajstić information content (AvgIpc) is 2.22. The van der Waals surface area contributed by atoms with Crippen LogP contribution < -0.4 is 0 Å². The lowest BCUT2D eigenvalue weighted by molar-refractivity contribution is -0.137. The summed E-state index contributed by atoms with van der Waals surface area (Å²) in [5.74, 6) is -0.237. The molecule has 0 aromatic carbocycles. The number of rotatable bonds is 4. The van der Waals surface area contributed by atoms with Gasteiger partial charge in [-0.05, 0) is 44.9 Å². The molecule has 96 valence electrons. The fourth-order valence-electron chi connectivity index (χ4n) is 2.59. The van der Waals surface area contributed by atoms with Crippen LogP contribution in [-0.4, -0.2) is 12.6 Å². The van der Waals surface area contributed by atoms with E-state index >= 15 is 0 Å². The van der Waals surface area contributed by atoms with Crippen LogP contribution in [0.3, 0.4) is 0 Å². The first-order valence-corrected chi connectivity index (χ1v) is 6.49. The standard InChI is InChI=1S/C15H24O2/c1-5-17-14(16)10-6-9-13-12(2)8-7-11-15(13,3)4/h6,10H,5,7-9,11H2,1-4H3/b10-6+. The Hall–Kier alpha value is -1.05. The summed E-state index contributed by atoms with van der Waals surface area (Å²) in [6, 6.07) is 0. The zero-order chi connectivity index (χ0) is 12.9. The monoisotopic (exact) mass is 236 g/mol. The fourth-order valence-corrected chi connectivity index (χ4v) is 2.59. The Balaban J connectivity index is 2.64. The summed E-state index contributed by atoms with van der Waals surface area (Å²) in [7, 11) is 0. The van der Waals surface area contributed by atoms with E-state index in [4.69, 9.17) is 4.74 Å². The van der Waals surface area contributed by atoms with E-state index in [0.29, 0.717) is 6.61 Å². The maximum absolute atomic E-state index is 11.2. The Labute approximate surface area is 105 Å². The first kappa shape index (κ1) is 14.0. The van der Waals surface area contributed by atoms with Crippen molar-refractivity contribution in [3.8, 4) is 0 Å². The molecule has 0 saturated carbocycles. The molecule has 0 saturated heterocycles. The van der Waals surface area contributed by atoms with E-state index in [-0.39, 0.29) is 11.4 Å². The molecule has 0 atom stereocenters. The van der Waals surface area contributed by atoms with E-state index in [1.807, 2.05) is 13.0 Å². The van der Waals surface area contributed by atoms with Crippen molar-refractivity contribution in [2.24, 2.45) is 5.41 Å². The van der Waals surface area contributed by atoms with Crippen molar-refractivity contribution < 1.29 is 9.53 Å². The highest BCUT2D eigenvalue weighted by Gasteiger charge is 2.27. The quantitative estimate of drug-likeness (QED) is 0.418. The highest BCUT2D eigenvalue weighted by molar-refractivity contribution is 5.81. The molecule has 0 aliphatic heterocycles. The molecule has 1 rings (SSSR count). The molecule has 2 heteroatoms. The largest absolute Gasteiger partial charge is 0.463 e. The molecule has 0 radical (unpaired) electrons. The van der Waals surface area contributed by atoms with Gasteiger partial charge in [0.15, 0.2) is 0 Å².